The molecule has 1 atom stereocenters. The maximum atomic E-state index is 12.3. The molecule has 2 aromatic rings. The Balaban J connectivity index is 0.00000243. The number of hydrogen-bond acceptors (Lipinski definition) is 3. The molecule has 6 heteroatoms. The van der Waals surface area contributed by atoms with Gasteiger partial charge in [0.25, 0.3) is 5.91 Å². The van der Waals surface area contributed by atoms with Crippen LogP contribution in [-0.4, -0.2) is 11.9 Å². The highest BCUT2D eigenvalue weighted by atomic mass is 79.9. The quantitative estimate of drug-likeness (QED) is 0.573. The van der Waals surface area contributed by atoms with Crippen LogP contribution in [0.3, 0.4) is 0 Å². The zero-order chi connectivity index (χ0) is 17.6. The largest absolute Gasteiger partial charge is 0.444 e. The Labute approximate surface area is 169 Å². The lowest BCUT2D eigenvalue weighted by atomic mass is 9.99. The summed E-state index contributed by atoms with van der Waals surface area (Å²) in [5.41, 5.74) is 1.90. The normalized spacial score (nSPS) is 15.5. The average Bonchev–Trinajstić information content (AvgIpc) is 3.25. The molecule has 1 fully saturated rings. The minimum atomic E-state index is -0.239. The molecule has 0 unspecified atom stereocenters. The van der Waals surface area contributed by atoms with Gasteiger partial charge >= 0.3 is 0 Å². The van der Waals surface area contributed by atoms with E-state index in [2.05, 4.69) is 33.5 Å². The van der Waals surface area contributed by atoms with E-state index in [-0.39, 0.29) is 18.3 Å². The van der Waals surface area contributed by atoms with Crippen LogP contribution in [0, 0.1) is 5.92 Å². The fraction of sp³-hybridized carbons (Fsp3) is 0.450. The Kier molecular flexibility index (Phi) is 8.19. The van der Waals surface area contributed by atoms with Gasteiger partial charge in [0.05, 0.1) is 0 Å². The van der Waals surface area contributed by atoms with Crippen molar-refractivity contribution in [3.63, 3.8) is 0 Å². The Morgan fingerprint density at radius 2 is 1.96 bits per heavy atom. The third-order valence-electron chi connectivity index (χ3n) is 4.87. The van der Waals surface area contributed by atoms with Gasteiger partial charge in [0.2, 0.25) is 0 Å². The molecule has 1 aromatic heterocycles. The predicted octanol–water partition coefficient (Wildman–Crippen LogP) is 5.77. The number of anilines is 1. The second-order valence-corrected chi connectivity index (χ2v) is 7.66. The number of furan rings is 1. The number of benzene rings is 1. The first-order valence-corrected chi connectivity index (χ1v) is 9.79. The molecule has 0 spiro atoms. The smallest absolute Gasteiger partial charge is 0.291 e. The van der Waals surface area contributed by atoms with E-state index in [1.807, 2.05) is 24.3 Å². The highest BCUT2D eigenvalue weighted by Crippen LogP contribution is 2.28. The molecule has 1 saturated carbocycles. The summed E-state index contributed by atoms with van der Waals surface area (Å²) in [5, 5.41) is 6.54. The molecule has 0 bridgehead atoms. The van der Waals surface area contributed by atoms with Gasteiger partial charge in [-0.25, -0.2) is 0 Å². The van der Waals surface area contributed by atoms with Crippen LogP contribution < -0.4 is 10.6 Å². The number of amides is 1. The van der Waals surface area contributed by atoms with E-state index in [0.29, 0.717) is 16.5 Å². The Bertz CT molecular complexity index is 713. The lowest BCUT2D eigenvalue weighted by molar-refractivity contribution is 0.0995. The van der Waals surface area contributed by atoms with E-state index in [1.54, 1.807) is 12.1 Å². The summed E-state index contributed by atoms with van der Waals surface area (Å²) in [6.07, 6.45) is 6.74. The van der Waals surface area contributed by atoms with Crippen molar-refractivity contribution in [3.05, 3.63) is 52.4 Å². The first kappa shape index (κ1) is 21.0. The molecule has 1 aliphatic rings. The summed E-state index contributed by atoms with van der Waals surface area (Å²) < 4.78 is 5.87. The molecule has 3 rings (SSSR count). The fourth-order valence-corrected chi connectivity index (χ4v) is 3.84. The molecule has 2 N–H and O–H groups in total. The fourth-order valence-electron chi connectivity index (χ4n) is 3.53. The van der Waals surface area contributed by atoms with Crippen LogP contribution in [0.1, 0.15) is 55.1 Å². The van der Waals surface area contributed by atoms with Crippen LogP contribution in [0.2, 0.25) is 0 Å². The first-order chi connectivity index (χ1) is 12.1. The van der Waals surface area contributed by atoms with Crippen molar-refractivity contribution in [2.45, 2.75) is 51.6 Å². The van der Waals surface area contributed by atoms with Gasteiger partial charge in [-0.05, 0) is 59.0 Å². The molecule has 1 heterocycles. The van der Waals surface area contributed by atoms with E-state index < -0.39 is 0 Å². The third-order valence-corrected chi connectivity index (χ3v) is 5.29. The highest BCUT2D eigenvalue weighted by Gasteiger charge is 2.18. The molecule has 4 nitrogen and oxygen atoms in total. The van der Waals surface area contributed by atoms with Crippen molar-refractivity contribution in [2.24, 2.45) is 5.92 Å². The Morgan fingerprint density at radius 3 is 2.65 bits per heavy atom. The molecular formula is C20H26BrClN2O2. The molecule has 1 aliphatic carbocycles. The first-order valence-electron chi connectivity index (χ1n) is 9.00. The molecular weight excluding hydrogens is 416 g/mol. The van der Waals surface area contributed by atoms with Crippen molar-refractivity contribution < 1.29 is 9.21 Å². The molecule has 0 aliphatic heterocycles. The zero-order valence-corrected chi connectivity index (χ0v) is 17.4. The van der Waals surface area contributed by atoms with Crippen LogP contribution >= 0.6 is 28.3 Å². The Hall–Kier alpha value is -1.30. The van der Waals surface area contributed by atoms with Crippen LogP contribution in [0.25, 0.3) is 0 Å². The summed E-state index contributed by atoms with van der Waals surface area (Å²) in [5.74, 6) is 0.927. The zero-order valence-electron chi connectivity index (χ0n) is 15.0. The summed E-state index contributed by atoms with van der Waals surface area (Å²) in [4.78, 5) is 12.3. The molecule has 0 saturated heterocycles. The number of para-hydroxylation sites is 1. The molecule has 142 valence electrons. The van der Waals surface area contributed by atoms with Crippen LogP contribution in [-0.2, 0) is 6.54 Å². The topological polar surface area (TPSA) is 54.3 Å². The van der Waals surface area contributed by atoms with Gasteiger partial charge in [0, 0.05) is 18.3 Å². The average molecular weight is 442 g/mol. The minimum Gasteiger partial charge on any atom is -0.444 e. The van der Waals surface area contributed by atoms with Gasteiger partial charge in [-0.2, -0.15) is 0 Å². The molecule has 0 radical (unpaired) electrons. The van der Waals surface area contributed by atoms with Gasteiger partial charge in [-0.15, -0.1) is 12.4 Å². The number of carbonyl (C=O) groups is 1. The van der Waals surface area contributed by atoms with Gasteiger partial charge in [0.15, 0.2) is 10.4 Å². The second-order valence-electron chi connectivity index (χ2n) is 6.88. The summed E-state index contributed by atoms with van der Waals surface area (Å²) >= 11 is 3.22. The number of hydrogen-bond donors (Lipinski definition) is 2. The number of carbonyl (C=O) groups excluding carboxylic acids is 1. The predicted molar refractivity (Wildman–Crippen MR) is 111 cm³/mol. The SMILES string of the molecule is C[C@@H](CC1CCCC1)NCc1ccccc1NC(=O)c1ccc(Br)o1.Cl. The van der Waals surface area contributed by atoms with E-state index in [9.17, 15) is 4.79 Å². The van der Waals surface area contributed by atoms with E-state index in [4.69, 9.17) is 4.42 Å². The number of nitrogens with one attached hydrogen (secondary N) is 2. The van der Waals surface area contributed by atoms with Gasteiger partial charge in [0.1, 0.15) is 0 Å². The van der Waals surface area contributed by atoms with Crippen LogP contribution in [0.4, 0.5) is 5.69 Å². The van der Waals surface area contributed by atoms with Crippen molar-refractivity contribution >= 4 is 39.9 Å². The van der Waals surface area contributed by atoms with Crippen LogP contribution in [0.5, 0.6) is 0 Å². The molecule has 1 amide bonds. The standard InChI is InChI=1S/C20H25BrN2O2.ClH/c1-14(12-15-6-2-3-7-15)22-13-16-8-4-5-9-17(16)23-20(24)18-10-11-19(21)25-18;/h4-5,8-11,14-15,22H,2-3,6-7,12-13H2,1H3,(H,23,24);1H/t14-;/m0./s1. The Morgan fingerprint density at radius 1 is 1.23 bits per heavy atom. The monoisotopic (exact) mass is 440 g/mol. The van der Waals surface area contributed by atoms with Gasteiger partial charge < -0.3 is 15.1 Å². The number of halogens is 2. The lowest BCUT2D eigenvalue weighted by Crippen LogP contribution is -2.28. The van der Waals surface area contributed by atoms with E-state index in [0.717, 1.165) is 23.7 Å². The minimum absolute atomic E-state index is 0. The lowest BCUT2D eigenvalue weighted by Gasteiger charge is -2.19. The molecule has 26 heavy (non-hydrogen) atoms. The highest BCUT2D eigenvalue weighted by molar-refractivity contribution is 9.10. The van der Waals surface area contributed by atoms with Crippen molar-refractivity contribution in [1.82, 2.24) is 5.32 Å². The van der Waals surface area contributed by atoms with Gasteiger partial charge in [-0.3, -0.25) is 4.79 Å². The van der Waals surface area contributed by atoms with E-state index >= 15 is 0 Å². The van der Waals surface area contributed by atoms with Crippen LogP contribution in [0.15, 0.2) is 45.5 Å². The van der Waals surface area contributed by atoms with Gasteiger partial charge in [-0.1, -0.05) is 43.9 Å². The number of rotatable bonds is 7. The summed E-state index contributed by atoms with van der Waals surface area (Å²) in [6, 6.07) is 11.7. The molecule has 1 aromatic carbocycles. The maximum Gasteiger partial charge on any atom is 0.291 e. The van der Waals surface area contributed by atoms with Crippen molar-refractivity contribution in [1.29, 1.82) is 0 Å². The van der Waals surface area contributed by atoms with Crippen molar-refractivity contribution in [3.8, 4) is 0 Å². The third kappa shape index (κ3) is 5.86. The van der Waals surface area contributed by atoms with E-state index in [1.165, 1.54) is 32.1 Å². The summed E-state index contributed by atoms with van der Waals surface area (Å²) in [7, 11) is 0. The second kappa shape index (κ2) is 10.1. The van der Waals surface area contributed by atoms with Crippen molar-refractivity contribution in [2.75, 3.05) is 5.32 Å². The maximum absolute atomic E-state index is 12.3. The summed E-state index contributed by atoms with van der Waals surface area (Å²) in [6.45, 7) is 2.99.